The van der Waals surface area contributed by atoms with Crippen LogP contribution >= 0.6 is 0 Å². The molecule has 0 radical (unpaired) electrons. The van der Waals surface area contributed by atoms with Crippen molar-refractivity contribution < 1.29 is 19.4 Å². The van der Waals surface area contributed by atoms with Crippen LogP contribution in [0.4, 0.5) is 4.79 Å². The van der Waals surface area contributed by atoms with Crippen molar-refractivity contribution in [1.29, 1.82) is 0 Å². The zero-order chi connectivity index (χ0) is 17.4. The van der Waals surface area contributed by atoms with Crippen LogP contribution in [0.3, 0.4) is 0 Å². The van der Waals surface area contributed by atoms with Gasteiger partial charge < -0.3 is 14.7 Å². The lowest BCUT2D eigenvalue weighted by atomic mass is 10.1. The van der Waals surface area contributed by atoms with Gasteiger partial charge in [-0.3, -0.25) is 0 Å². The summed E-state index contributed by atoms with van der Waals surface area (Å²) < 4.78 is 5.38. The summed E-state index contributed by atoms with van der Waals surface area (Å²) in [5.41, 5.74) is 1.43. The number of aromatic nitrogens is 3. The Kier molecular flexibility index (Phi) is 3.87. The van der Waals surface area contributed by atoms with Gasteiger partial charge in [-0.15, -0.1) is 5.10 Å². The zero-order valence-electron chi connectivity index (χ0n) is 13.5. The monoisotopic (exact) mass is 342 g/mol. The lowest BCUT2D eigenvalue weighted by Crippen LogP contribution is -2.37. The molecule has 8 heteroatoms. The second kappa shape index (κ2) is 6.19. The Morgan fingerprint density at radius 1 is 1.24 bits per heavy atom. The highest BCUT2D eigenvalue weighted by Crippen LogP contribution is 2.58. The Hall–Kier alpha value is -2.90. The summed E-state index contributed by atoms with van der Waals surface area (Å²) >= 11 is 0. The predicted octanol–water partition coefficient (Wildman–Crippen LogP) is 1.87. The van der Waals surface area contributed by atoms with Crippen LogP contribution in [0.2, 0.25) is 0 Å². The first kappa shape index (κ1) is 15.6. The van der Waals surface area contributed by atoms with Crippen LogP contribution in [0.15, 0.2) is 30.3 Å². The van der Waals surface area contributed by atoms with Gasteiger partial charge in [0.15, 0.2) is 5.69 Å². The van der Waals surface area contributed by atoms with Crippen molar-refractivity contribution in [2.45, 2.75) is 18.9 Å². The van der Waals surface area contributed by atoms with Gasteiger partial charge in [-0.2, -0.15) is 10.3 Å². The number of carboxylic acid groups (broad SMARTS) is 1. The summed E-state index contributed by atoms with van der Waals surface area (Å²) in [5.74, 6) is -0.439. The van der Waals surface area contributed by atoms with E-state index in [1.807, 2.05) is 30.3 Å². The van der Waals surface area contributed by atoms with Crippen LogP contribution in [-0.4, -0.2) is 50.6 Å². The number of carbonyl (C=O) groups excluding carboxylic acids is 1. The molecular weight excluding hydrogens is 324 g/mol. The largest absolute Gasteiger partial charge is 0.476 e. The zero-order valence-corrected chi connectivity index (χ0v) is 13.5. The van der Waals surface area contributed by atoms with Crippen molar-refractivity contribution in [3.63, 3.8) is 0 Å². The molecule has 1 aromatic heterocycles. The number of H-pyrrole nitrogens is 1. The average molecular weight is 342 g/mol. The Labute approximate surface area is 143 Å². The van der Waals surface area contributed by atoms with Gasteiger partial charge in [0.05, 0.1) is 0 Å². The number of ether oxygens (including phenoxy) is 1. The molecule has 0 bridgehead atoms. The molecule has 8 nitrogen and oxygen atoms in total. The summed E-state index contributed by atoms with van der Waals surface area (Å²) in [6.45, 7) is 1.43. The van der Waals surface area contributed by atoms with Crippen molar-refractivity contribution in [2.24, 2.45) is 11.8 Å². The summed E-state index contributed by atoms with van der Waals surface area (Å²) in [6.07, 6.45) is 0.494. The van der Waals surface area contributed by atoms with Crippen LogP contribution in [0.1, 0.15) is 34.1 Å². The maximum absolute atomic E-state index is 12.3. The number of carboxylic acids is 1. The van der Waals surface area contributed by atoms with Crippen LogP contribution in [0, 0.1) is 11.8 Å². The fourth-order valence-electron chi connectivity index (χ4n) is 3.75. The van der Waals surface area contributed by atoms with Gasteiger partial charge in [0, 0.05) is 19.0 Å². The van der Waals surface area contributed by atoms with Crippen molar-refractivity contribution in [2.75, 3.05) is 13.1 Å². The Bertz CT molecular complexity index is 791. The molecule has 1 aliphatic heterocycles. The molecule has 2 aliphatic rings. The normalized spacial score (nSPS) is 24.5. The number of fused-ring (bicyclic) bond motifs is 1. The van der Waals surface area contributed by atoms with Crippen molar-refractivity contribution in [3.05, 3.63) is 47.3 Å². The van der Waals surface area contributed by atoms with E-state index < -0.39 is 5.97 Å². The molecule has 2 N–H and O–H groups in total. The first-order chi connectivity index (χ1) is 12.1. The summed E-state index contributed by atoms with van der Waals surface area (Å²) in [4.78, 5) is 25.2. The second-order valence-corrected chi connectivity index (χ2v) is 6.49. The number of likely N-dealkylation sites (tertiary alicyclic amines) is 1. The van der Waals surface area contributed by atoms with Crippen LogP contribution in [0.5, 0.6) is 0 Å². The molecule has 130 valence electrons. The van der Waals surface area contributed by atoms with E-state index in [4.69, 9.17) is 4.74 Å². The van der Waals surface area contributed by atoms with E-state index in [0.717, 1.165) is 12.0 Å². The number of aromatic carboxylic acids is 1. The van der Waals surface area contributed by atoms with E-state index in [2.05, 4.69) is 15.4 Å². The Balaban J connectivity index is 1.36. The number of hydrogen-bond donors (Lipinski definition) is 2. The van der Waals surface area contributed by atoms with E-state index in [0.29, 0.717) is 24.7 Å². The molecule has 3 unspecified atom stereocenters. The van der Waals surface area contributed by atoms with Crippen molar-refractivity contribution in [3.8, 4) is 0 Å². The van der Waals surface area contributed by atoms with Gasteiger partial charge in [-0.25, -0.2) is 9.59 Å². The molecule has 1 amide bonds. The highest BCUT2D eigenvalue weighted by Gasteiger charge is 2.56. The number of hydrogen-bond acceptors (Lipinski definition) is 5. The molecule has 1 aliphatic carbocycles. The Morgan fingerprint density at radius 3 is 2.80 bits per heavy atom. The van der Waals surface area contributed by atoms with Crippen LogP contribution in [0.25, 0.3) is 0 Å². The van der Waals surface area contributed by atoms with E-state index >= 15 is 0 Å². The minimum Gasteiger partial charge on any atom is -0.476 e. The van der Waals surface area contributed by atoms with Gasteiger partial charge in [-0.1, -0.05) is 30.3 Å². The van der Waals surface area contributed by atoms with Crippen LogP contribution in [-0.2, 0) is 11.3 Å². The van der Waals surface area contributed by atoms with Gasteiger partial charge >= 0.3 is 12.1 Å². The fourth-order valence-corrected chi connectivity index (χ4v) is 3.75. The fraction of sp³-hybridized carbons (Fsp3) is 0.412. The topological polar surface area (TPSA) is 108 Å². The molecule has 4 rings (SSSR count). The third-order valence-corrected chi connectivity index (χ3v) is 5.05. The summed E-state index contributed by atoms with van der Waals surface area (Å²) in [5, 5.41) is 19.3. The second-order valence-electron chi connectivity index (χ2n) is 6.49. The number of benzene rings is 1. The van der Waals surface area contributed by atoms with E-state index in [-0.39, 0.29) is 30.2 Å². The molecule has 2 aromatic rings. The smallest absolute Gasteiger partial charge is 0.410 e. The van der Waals surface area contributed by atoms with E-state index in [1.54, 1.807) is 4.90 Å². The van der Waals surface area contributed by atoms with Crippen LogP contribution < -0.4 is 0 Å². The SMILES string of the molecule is O=C(O)c1n[nH]nc1C1C2CCN(C(=O)OCc3ccccc3)CC21. The minimum atomic E-state index is -1.08. The highest BCUT2D eigenvalue weighted by molar-refractivity contribution is 5.86. The van der Waals surface area contributed by atoms with Gasteiger partial charge in [-0.05, 0) is 23.8 Å². The standard InChI is InChI=1S/C17H18N4O4/c22-16(23)15-14(18-20-19-15)13-11-6-7-21(8-12(11)13)17(24)25-9-10-4-2-1-3-5-10/h1-5,11-13H,6-9H2,(H,22,23)(H,18,19,20). The Morgan fingerprint density at radius 2 is 2.04 bits per heavy atom. The number of nitrogens with one attached hydrogen (secondary N) is 1. The molecule has 25 heavy (non-hydrogen) atoms. The van der Waals surface area contributed by atoms with E-state index in [9.17, 15) is 14.7 Å². The molecule has 0 spiro atoms. The lowest BCUT2D eigenvalue weighted by molar-refractivity contribution is 0.0688. The molecule has 1 saturated heterocycles. The number of amides is 1. The third kappa shape index (κ3) is 2.95. The first-order valence-corrected chi connectivity index (χ1v) is 8.24. The van der Waals surface area contributed by atoms with Crippen molar-refractivity contribution >= 4 is 12.1 Å². The number of piperidine rings is 1. The van der Waals surface area contributed by atoms with E-state index in [1.165, 1.54) is 0 Å². The van der Waals surface area contributed by atoms with Gasteiger partial charge in [0.2, 0.25) is 0 Å². The predicted molar refractivity (Wildman–Crippen MR) is 85.9 cm³/mol. The van der Waals surface area contributed by atoms with Gasteiger partial charge in [0.25, 0.3) is 0 Å². The number of carbonyl (C=O) groups is 2. The minimum absolute atomic E-state index is 0.0161. The number of rotatable bonds is 4. The molecular formula is C17H18N4O4. The molecule has 1 aromatic carbocycles. The van der Waals surface area contributed by atoms with Gasteiger partial charge in [0.1, 0.15) is 12.3 Å². The average Bonchev–Trinajstić information content (AvgIpc) is 3.13. The maximum atomic E-state index is 12.3. The summed E-state index contributed by atoms with van der Waals surface area (Å²) in [6, 6.07) is 9.55. The lowest BCUT2D eigenvalue weighted by Gasteiger charge is -2.25. The quantitative estimate of drug-likeness (QED) is 0.878. The maximum Gasteiger partial charge on any atom is 0.410 e. The first-order valence-electron chi connectivity index (χ1n) is 8.24. The molecule has 2 fully saturated rings. The van der Waals surface area contributed by atoms with Crippen molar-refractivity contribution in [1.82, 2.24) is 20.3 Å². The number of nitrogens with zero attached hydrogens (tertiary/aromatic N) is 3. The number of aromatic amines is 1. The third-order valence-electron chi connectivity index (χ3n) is 5.05. The molecule has 2 heterocycles. The molecule has 1 saturated carbocycles. The highest BCUT2D eigenvalue weighted by atomic mass is 16.6. The molecule has 3 atom stereocenters. The summed E-state index contributed by atoms with van der Waals surface area (Å²) in [7, 11) is 0.